The molecule has 0 spiro atoms. The predicted molar refractivity (Wildman–Crippen MR) is 78.4 cm³/mol. The largest absolute Gasteiger partial charge is 0.323 e. The summed E-state index contributed by atoms with van der Waals surface area (Å²) in [6.07, 6.45) is 4.03. The fourth-order valence-corrected chi connectivity index (χ4v) is 2.96. The molecule has 0 unspecified atom stereocenters. The molecule has 106 valence electrons. The molecule has 0 radical (unpaired) electrons. The predicted octanol–water partition coefficient (Wildman–Crippen LogP) is 2.23. The molecule has 1 N–H and O–H groups in total. The number of hydrogen-bond donors (Lipinski definition) is 1. The van der Waals surface area contributed by atoms with Gasteiger partial charge in [0.25, 0.3) is 0 Å². The highest BCUT2D eigenvalue weighted by molar-refractivity contribution is 5.72. The summed E-state index contributed by atoms with van der Waals surface area (Å²) in [4.78, 5) is 4.74. The van der Waals surface area contributed by atoms with Crippen LogP contribution in [0.2, 0.25) is 0 Å². The number of quaternary nitrogens is 1. The third-order valence-electron chi connectivity index (χ3n) is 3.96. The maximum atomic E-state index is 4.74. The van der Waals surface area contributed by atoms with Crippen LogP contribution in [0.25, 0.3) is 0 Å². The molecule has 0 atom stereocenters. The maximum absolute atomic E-state index is 4.74. The molecule has 1 saturated heterocycles. The van der Waals surface area contributed by atoms with Gasteiger partial charge in [0.05, 0.1) is 0 Å². The molecule has 0 amide bonds. The van der Waals surface area contributed by atoms with E-state index in [1.807, 2.05) is 0 Å². The van der Waals surface area contributed by atoms with Crippen molar-refractivity contribution in [1.29, 1.82) is 0 Å². The Morgan fingerprint density at radius 1 is 1.06 bits per heavy atom. The number of rotatable bonds is 5. The molecule has 1 heterocycles. The smallest absolute Gasteiger partial charge is 0.317 e. The number of piperidine rings is 1. The molecule has 0 saturated carbocycles. The number of aliphatic imine (C=N–C) groups is 1. The van der Waals surface area contributed by atoms with Gasteiger partial charge < -0.3 is 5.32 Å². The van der Waals surface area contributed by atoms with Crippen molar-refractivity contribution >= 4 is 5.96 Å². The van der Waals surface area contributed by atoms with Gasteiger partial charge >= 0.3 is 5.96 Å². The Morgan fingerprint density at radius 2 is 1.67 bits per heavy atom. The van der Waals surface area contributed by atoms with E-state index in [2.05, 4.69) is 38.0 Å². The first-order valence-electron chi connectivity index (χ1n) is 7.66. The van der Waals surface area contributed by atoms with Gasteiger partial charge in [0.2, 0.25) is 0 Å². The van der Waals surface area contributed by atoms with Gasteiger partial charge in [-0.15, -0.1) is 5.01 Å². The molecule has 0 aromatic rings. The second-order valence-electron chi connectivity index (χ2n) is 4.90. The summed E-state index contributed by atoms with van der Waals surface area (Å²) in [5.74, 6) is 1.16. The molecule has 0 aromatic heterocycles. The van der Waals surface area contributed by atoms with Gasteiger partial charge in [0, 0.05) is 26.2 Å². The molecule has 1 aliphatic rings. The van der Waals surface area contributed by atoms with Gasteiger partial charge in [0.15, 0.2) is 0 Å². The van der Waals surface area contributed by atoms with Crippen LogP contribution in [-0.2, 0) is 0 Å². The Hall–Kier alpha value is -0.610. The second kappa shape index (κ2) is 7.74. The minimum atomic E-state index is 0.857. The van der Waals surface area contributed by atoms with Gasteiger partial charge in [-0.05, 0) is 40.5 Å². The molecular weight excluding hydrogens is 224 g/mol. The summed E-state index contributed by atoms with van der Waals surface area (Å²) in [6, 6.07) is 0. The Balaban J connectivity index is 2.97. The fourth-order valence-electron chi connectivity index (χ4n) is 2.96. The van der Waals surface area contributed by atoms with E-state index in [0.29, 0.717) is 0 Å². The van der Waals surface area contributed by atoms with Gasteiger partial charge in [-0.1, -0.05) is 6.42 Å². The Morgan fingerprint density at radius 3 is 2.11 bits per heavy atom. The van der Waals surface area contributed by atoms with Gasteiger partial charge in [-0.25, -0.2) is 4.99 Å². The second-order valence-corrected chi connectivity index (χ2v) is 4.90. The number of nitrogens with zero attached hydrogens (tertiary/aromatic N) is 3. The van der Waals surface area contributed by atoms with E-state index in [9.17, 15) is 0 Å². The molecule has 1 fully saturated rings. The first-order valence-corrected chi connectivity index (χ1v) is 7.66. The lowest BCUT2D eigenvalue weighted by Gasteiger charge is -2.45. The van der Waals surface area contributed by atoms with Crippen LogP contribution >= 0.6 is 0 Å². The van der Waals surface area contributed by atoms with Crippen LogP contribution in [0.15, 0.2) is 4.99 Å². The molecular formula is C14H31N4+. The van der Waals surface area contributed by atoms with E-state index in [-0.39, 0.29) is 0 Å². The topological polar surface area (TPSA) is 27.6 Å². The zero-order chi connectivity index (χ0) is 13.4. The zero-order valence-electron chi connectivity index (χ0n) is 12.7. The standard InChI is InChI=1S/C14H31N4/c1-5-15-14(16-6-2)18(7-3,8-4)17-12-10-9-11-13-17/h5-13H2,1-4H3,(H,15,16)/q+1. The monoisotopic (exact) mass is 255 g/mol. The lowest BCUT2D eigenvalue weighted by Crippen LogP contribution is -2.68. The Kier molecular flexibility index (Phi) is 6.65. The van der Waals surface area contributed by atoms with Crippen LogP contribution in [0.4, 0.5) is 0 Å². The summed E-state index contributed by atoms with van der Waals surface area (Å²) >= 11 is 0. The van der Waals surface area contributed by atoms with Crippen molar-refractivity contribution in [1.82, 2.24) is 10.3 Å². The SMILES string of the molecule is CCN=C(NCC)[N+](CC)(CC)N1CCCCC1. The van der Waals surface area contributed by atoms with Crippen LogP contribution in [0.3, 0.4) is 0 Å². The van der Waals surface area contributed by atoms with E-state index in [0.717, 1.165) is 36.7 Å². The number of guanidine groups is 1. The molecule has 0 aliphatic carbocycles. The normalized spacial score (nSPS) is 19.0. The lowest BCUT2D eigenvalue weighted by atomic mass is 10.1. The third kappa shape index (κ3) is 3.23. The zero-order valence-corrected chi connectivity index (χ0v) is 12.7. The quantitative estimate of drug-likeness (QED) is 0.463. The average molecular weight is 255 g/mol. The first kappa shape index (κ1) is 15.4. The van der Waals surface area contributed by atoms with Crippen molar-refractivity contribution in [3.63, 3.8) is 0 Å². The highest BCUT2D eigenvalue weighted by atomic mass is 15.8. The van der Waals surface area contributed by atoms with E-state index >= 15 is 0 Å². The van der Waals surface area contributed by atoms with Crippen molar-refractivity contribution in [3.8, 4) is 0 Å². The van der Waals surface area contributed by atoms with Crippen LogP contribution < -0.4 is 5.32 Å². The third-order valence-corrected chi connectivity index (χ3v) is 3.96. The van der Waals surface area contributed by atoms with Crippen LogP contribution in [0, 0.1) is 0 Å². The van der Waals surface area contributed by atoms with Crippen molar-refractivity contribution in [2.75, 3.05) is 39.3 Å². The maximum Gasteiger partial charge on any atom is 0.317 e. The van der Waals surface area contributed by atoms with E-state index in [1.54, 1.807) is 0 Å². The van der Waals surface area contributed by atoms with Gasteiger partial charge in [-0.2, -0.15) is 4.59 Å². The average Bonchev–Trinajstić information content (AvgIpc) is 2.42. The summed E-state index contributed by atoms with van der Waals surface area (Å²) in [6.45, 7) is 15.2. The molecule has 1 rings (SSSR count). The molecule has 0 aromatic carbocycles. The van der Waals surface area contributed by atoms with Crippen LogP contribution in [0.1, 0.15) is 47.0 Å². The minimum Gasteiger partial charge on any atom is -0.323 e. The summed E-state index contributed by atoms with van der Waals surface area (Å²) < 4.78 is 0.904. The van der Waals surface area contributed by atoms with E-state index in [1.165, 1.54) is 32.4 Å². The van der Waals surface area contributed by atoms with Gasteiger partial charge in [0.1, 0.15) is 13.1 Å². The summed E-state index contributed by atoms with van der Waals surface area (Å²) in [5.41, 5.74) is 0. The highest BCUT2D eigenvalue weighted by Gasteiger charge is 2.38. The van der Waals surface area contributed by atoms with Crippen molar-refractivity contribution in [2.24, 2.45) is 4.99 Å². The molecule has 1 aliphatic heterocycles. The number of nitrogens with one attached hydrogen (secondary N) is 1. The lowest BCUT2D eigenvalue weighted by molar-refractivity contribution is -0.959. The molecule has 0 bridgehead atoms. The van der Waals surface area contributed by atoms with Crippen LogP contribution in [0.5, 0.6) is 0 Å². The minimum absolute atomic E-state index is 0.857. The van der Waals surface area contributed by atoms with Crippen LogP contribution in [-0.4, -0.2) is 54.8 Å². The first-order chi connectivity index (χ1) is 8.75. The Labute approximate surface area is 113 Å². The summed E-state index contributed by atoms with van der Waals surface area (Å²) in [5, 5.41) is 6.12. The summed E-state index contributed by atoms with van der Waals surface area (Å²) in [7, 11) is 0. The van der Waals surface area contributed by atoms with Crippen molar-refractivity contribution in [2.45, 2.75) is 47.0 Å². The van der Waals surface area contributed by atoms with Crippen molar-refractivity contribution < 1.29 is 4.59 Å². The van der Waals surface area contributed by atoms with E-state index < -0.39 is 0 Å². The molecule has 4 heteroatoms. The molecule has 18 heavy (non-hydrogen) atoms. The van der Waals surface area contributed by atoms with E-state index in [4.69, 9.17) is 4.99 Å². The number of hydrogen-bond acceptors (Lipinski definition) is 2. The Bertz CT molecular complexity index is 253. The van der Waals surface area contributed by atoms with Crippen molar-refractivity contribution in [3.05, 3.63) is 0 Å². The fraction of sp³-hybridized carbons (Fsp3) is 0.929. The molecule has 4 nitrogen and oxygen atoms in total. The highest BCUT2D eigenvalue weighted by Crippen LogP contribution is 2.20. The van der Waals surface area contributed by atoms with Gasteiger partial charge in [-0.3, -0.25) is 0 Å².